The highest BCUT2D eigenvalue weighted by Gasteiger charge is 2.08. The van der Waals surface area contributed by atoms with Crippen LogP contribution in [0, 0.1) is 0 Å². The average Bonchev–Trinajstić information content (AvgIpc) is 2.52. The van der Waals surface area contributed by atoms with E-state index in [1.54, 1.807) is 25.3 Å². The maximum absolute atomic E-state index is 11.3. The Bertz CT molecular complexity index is 593. The van der Waals surface area contributed by atoms with E-state index in [0.717, 1.165) is 5.75 Å². The third-order valence-electron chi connectivity index (χ3n) is 2.92. The van der Waals surface area contributed by atoms with E-state index in [-0.39, 0.29) is 5.78 Å². The van der Waals surface area contributed by atoms with Crippen LogP contribution in [0.25, 0.3) is 0 Å². The van der Waals surface area contributed by atoms with Gasteiger partial charge in [0, 0.05) is 5.56 Å². The predicted molar refractivity (Wildman–Crippen MR) is 80.4 cm³/mol. The summed E-state index contributed by atoms with van der Waals surface area (Å²) >= 11 is 0. The van der Waals surface area contributed by atoms with Gasteiger partial charge in [-0.05, 0) is 37.3 Å². The molecule has 0 aliphatic carbocycles. The van der Waals surface area contributed by atoms with Crippen LogP contribution in [-0.2, 0) is 0 Å². The van der Waals surface area contributed by atoms with E-state index in [1.165, 1.54) is 6.92 Å². The van der Waals surface area contributed by atoms with E-state index in [1.807, 2.05) is 30.3 Å². The van der Waals surface area contributed by atoms with Gasteiger partial charge >= 0.3 is 0 Å². The lowest BCUT2D eigenvalue weighted by Gasteiger charge is -2.12. The van der Waals surface area contributed by atoms with Crippen molar-refractivity contribution in [1.82, 2.24) is 0 Å². The summed E-state index contributed by atoms with van der Waals surface area (Å²) in [4.78, 5) is 11.3. The normalized spacial score (nSPS) is 10.0. The summed E-state index contributed by atoms with van der Waals surface area (Å²) in [5, 5.41) is 0. The zero-order valence-electron chi connectivity index (χ0n) is 12.2. The highest BCUT2D eigenvalue weighted by atomic mass is 16.5. The first-order chi connectivity index (χ1) is 10.2. The van der Waals surface area contributed by atoms with Crippen LogP contribution >= 0.6 is 0 Å². The fourth-order valence-corrected chi connectivity index (χ4v) is 1.83. The van der Waals surface area contributed by atoms with Gasteiger partial charge in [-0.2, -0.15) is 0 Å². The Labute approximate surface area is 124 Å². The smallest absolute Gasteiger partial charge is 0.161 e. The number of hydrogen-bond donors (Lipinski definition) is 0. The van der Waals surface area contributed by atoms with E-state index in [2.05, 4.69) is 0 Å². The molecule has 110 valence electrons. The largest absolute Gasteiger partial charge is 0.493 e. The van der Waals surface area contributed by atoms with Crippen LogP contribution in [0.3, 0.4) is 0 Å². The number of Topliss-reactive ketones (excluding diaryl/α,β-unsaturated/α-hetero) is 1. The SMILES string of the molecule is COc1cc(C(C)=O)ccc1OCCOc1ccccc1. The molecule has 0 aliphatic rings. The third kappa shape index (κ3) is 4.24. The first-order valence-electron chi connectivity index (χ1n) is 6.70. The molecule has 0 fully saturated rings. The molecule has 0 N–H and O–H groups in total. The first kappa shape index (κ1) is 14.9. The molecule has 0 atom stereocenters. The highest BCUT2D eigenvalue weighted by Crippen LogP contribution is 2.28. The Morgan fingerprint density at radius 2 is 1.67 bits per heavy atom. The van der Waals surface area contributed by atoms with Gasteiger partial charge in [0.2, 0.25) is 0 Å². The number of para-hydroxylation sites is 1. The van der Waals surface area contributed by atoms with Crippen LogP contribution in [0.4, 0.5) is 0 Å². The van der Waals surface area contributed by atoms with Crippen LogP contribution in [0.1, 0.15) is 17.3 Å². The molecule has 21 heavy (non-hydrogen) atoms. The standard InChI is InChI=1S/C17H18O4/c1-13(18)14-8-9-16(17(12-14)19-2)21-11-10-20-15-6-4-3-5-7-15/h3-9,12H,10-11H2,1-2H3. The molecule has 4 nitrogen and oxygen atoms in total. The highest BCUT2D eigenvalue weighted by molar-refractivity contribution is 5.94. The second-order valence-electron chi connectivity index (χ2n) is 4.43. The molecule has 2 rings (SSSR count). The Balaban J connectivity index is 1.89. The zero-order valence-corrected chi connectivity index (χ0v) is 12.2. The van der Waals surface area contributed by atoms with Crippen LogP contribution in [0.15, 0.2) is 48.5 Å². The number of rotatable bonds is 7. The van der Waals surface area contributed by atoms with Crippen molar-refractivity contribution < 1.29 is 19.0 Å². The number of ether oxygens (including phenoxy) is 3. The summed E-state index contributed by atoms with van der Waals surface area (Å²) in [7, 11) is 1.55. The van der Waals surface area contributed by atoms with E-state index < -0.39 is 0 Å². The molecular formula is C17H18O4. The number of hydrogen-bond acceptors (Lipinski definition) is 4. The van der Waals surface area contributed by atoms with Crippen molar-refractivity contribution in [3.8, 4) is 17.2 Å². The lowest BCUT2D eigenvalue weighted by atomic mass is 10.1. The molecule has 0 aliphatic heterocycles. The van der Waals surface area contributed by atoms with Gasteiger partial charge in [-0.1, -0.05) is 18.2 Å². The molecular weight excluding hydrogens is 268 g/mol. The molecule has 0 unspecified atom stereocenters. The van der Waals surface area contributed by atoms with Crippen molar-refractivity contribution in [3.05, 3.63) is 54.1 Å². The number of ketones is 1. The summed E-state index contributed by atoms with van der Waals surface area (Å²) in [5.41, 5.74) is 0.597. The molecule has 0 saturated carbocycles. The molecule has 4 heteroatoms. The molecule has 2 aromatic carbocycles. The number of methoxy groups -OCH3 is 1. The van der Waals surface area contributed by atoms with Crippen molar-refractivity contribution in [2.75, 3.05) is 20.3 Å². The molecule has 2 aromatic rings. The molecule has 0 aromatic heterocycles. The Hall–Kier alpha value is -2.49. The van der Waals surface area contributed by atoms with Gasteiger partial charge in [0.1, 0.15) is 19.0 Å². The maximum atomic E-state index is 11.3. The van der Waals surface area contributed by atoms with Crippen molar-refractivity contribution in [3.63, 3.8) is 0 Å². The summed E-state index contributed by atoms with van der Waals surface area (Å²) < 4.78 is 16.4. The minimum absolute atomic E-state index is 0.00717. The first-order valence-corrected chi connectivity index (χ1v) is 6.70. The Morgan fingerprint density at radius 1 is 0.952 bits per heavy atom. The third-order valence-corrected chi connectivity index (χ3v) is 2.92. The number of benzene rings is 2. The van der Waals surface area contributed by atoms with Gasteiger partial charge in [-0.3, -0.25) is 4.79 Å². The van der Waals surface area contributed by atoms with Crippen LogP contribution in [0.5, 0.6) is 17.2 Å². The predicted octanol–water partition coefficient (Wildman–Crippen LogP) is 3.36. The summed E-state index contributed by atoms with van der Waals surface area (Å²) in [6.07, 6.45) is 0. The van der Waals surface area contributed by atoms with E-state index in [4.69, 9.17) is 14.2 Å². The second kappa shape index (κ2) is 7.33. The molecule has 0 saturated heterocycles. The van der Waals surface area contributed by atoms with E-state index in [9.17, 15) is 4.79 Å². The minimum Gasteiger partial charge on any atom is -0.493 e. The van der Waals surface area contributed by atoms with E-state index >= 15 is 0 Å². The second-order valence-corrected chi connectivity index (χ2v) is 4.43. The quantitative estimate of drug-likeness (QED) is 0.578. The van der Waals surface area contributed by atoms with Crippen molar-refractivity contribution in [2.45, 2.75) is 6.92 Å². The number of carbonyl (C=O) groups is 1. The van der Waals surface area contributed by atoms with Gasteiger partial charge in [0.05, 0.1) is 7.11 Å². The zero-order chi connectivity index (χ0) is 15.1. The molecule has 0 bridgehead atoms. The van der Waals surface area contributed by atoms with Gasteiger partial charge in [-0.15, -0.1) is 0 Å². The van der Waals surface area contributed by atoms with Gasteiger partial charge in [0.15, 0.2) is 17.3 Å². The van der Waals surface area contributed by atoms with Crippen molar-refractivity contribution in [1.29, 1.82) is 0 Å². The van der Waals surface area contributed by atoms with Crippen molar-refractivity contribution in [2.24, 2.45) is 0 Å². The molecule has 0 heterocycles. The van der Waals surface area contributed by atoms with E-state index in [0.29, 0.717) is 30.3 Å². The average molecular weight is 286 g/mol. The van der Waals surface area contributed by atoms with Gasteiger partial charge in [0.25, 0.3) is 0 Å². The fourth-order valence-electron chi connectivity index (χ4n) is 1.83. The topological polar surface area (TPSA) is 44.8 Å². The summed E-state index contributed by atoms with van der Waals surface area (Å²) in [6, 6.07) is 14.7. The van der Waals surface area contributed by atoms with Crippen LogP contribution in [0.2, 0.25) is 0 Å². The van der Waals surface area contributed by atoms with Crippen LogP contribution < -0.4 is 14.2 Å². The maximum Gasteiger partial charge on any atom is 0.161 e. The number of carbonyl (C=O) groups excluding carboxylic acids is 1. The van der Waals surface area contributed by atoms with Crippen molar-refractivity contribution >= 4 is 5.78 Å². The molecule has 0 radical (unpaired) electrons. The lowest BCUT2D eigenvalue weighted by molar-refractivity contribution is 0.101. The minimum atomic E-state index is -0.00717. The lowest BCUT2D eigenvalue weighted by Crippen LogP contribution is -2.09. The van der Waals surface area contributed by atoms with Gasteiger partial charge in [-0.25, -0.2) is 0 Å². The Morgan fingerprint density at radius 3 is 2.33 bits per heavy atom. The fraction of sp³-hybridized carbons (Fsp3) is 0.235. The molecule has 0 spiro atoms. The summed E-state index contributed by atoms with van der Waals surface area (Å²) in [5.74, 6) is 1.94. The Kier molecular flexibility index (Phi) is 5.21. The van der Waals surface area contributed by atoms with Crippen LogP contribution in [-0.4, -0.2) is 26.1 Å². The monoisotopic (exact) mass is 286 g/mol. The van der Waals surface area contributed by atoms with Gasteiger partial charge < -0.3 is 14.2 Å². The molecule has 0 amide bonds. The summed E-state index contributed by atoms with van der Waals surface area (Å²) in [6.45, 7) is 2.34.